The number of rotatable bonds is 3. The maximum atomic E-state index is 8.40. The molecule has 0 saturated carbocycles. The van der Waals surface area contributed by atoms with E-state index in [0.717, 1.165) is 11.4 Å². The van der Waals surface area contributed by atoms with E-state index in [0.29, 0.717) is 11.4 Å². The molecule has 0 aliphatic rings. The van der Waals surface area contributed by atoms with Gasteiger partial charge >= 0.3 is 0 Å². The average Bonchev–Trinajstić information content (AvgIpc) is 2.15. The van der Waals surface area contributed by atoms with Crippen LogP contribution in [-0.2, 0) is 0 Å². The largest absolute Gasteiger partial charge is 0.278 e. The molecule has 0 amide bonds. The van der Waals surface area contributed by atoms with Gasteiger partial charge in [0.15, 0.2) is 0 Å². The van der Waals surface area contributed by atoms with Crippen LogP contribution in [0.5, 0.6) is 0 Å². The molecule has 0 spiro atoms. The summed E-state index contributed by atoms with van der Waals surface area (Å²) in [5.74, 6) is 0. The number of benzene rings is 1. The summed E-state index contributed by atoms with van der Waals surface area (Å²) in [5.41, 5.74) is 4.38. The van der Waals surface area contributed by atoms with Gasteiger partial charge in [-0.3, -0.25) is 5.43 Å². The summed E-state index contributed by atoms with van der Waals surface area (Å²) in [6.07, 6.45) is 0.327. The standard InChI is InChI=1S/C10H10ClN3/c1-8(5-6-12)13-14-10-4-2-3-9(11)7-10/h2-4,7,14H,5H2,1H3/b13-8+. The van der Waals surface area contributed by atoms with E-state index in [1.807, 2.05) is 18.2 Å². The van der Waals surface area contributed by atoms with Crippen molar-refractivity contribution in [3.8, 4) is 6.07 Å². The molecule has 3 nitrogen and oxygen atoms in total. The molecule has 0 heterocycles. The molecule has 14 heavy (non-hydrogen) atoms. The Kier molecular flexibility index (Phi) is 3.96. The van der Waals surface area contributed by atoms with Crippen LogP contribution >= 0.6 is 11.6 Å². The Morgan fingerprint density at radius 2 is 2.43 bits per heavy atom. The molecule has 1 rings (SSSR count). The number of nitriles is 1. The van der Waals surface area contributed by atoms with E-state index in [-0.39, 0.29) is 0 Å². The van der Waals surface area contributed by atoms with Crippen molar-refractivity contribution in [2.24, 2.45) is 5.10 Å². The van der Waals surface area contributed by atoms with Crippen LogP contribution in [0.2, 0.25) is 5.02 Å². The summed E-state index contributed by atoms with van der Waals surface area (Å²) < 4.78 is 0. The van der Waals surface area contributed by atoms with Crippen molar-refractivity contribution in [1.29, 1.82) is 5.26 Å². The van der Waals surface area contributed by atoms with Crippen LogP contribution < -0.4 is 5.43 Å². The number of hydrogen-bond acceptors (Lipinski definition) is 3. The van der Waals surface area contributed by atoms with Crippen molar-refractivity contribution in [3.05, 3.63) is 29.3 Å². The lowest BCUT2D eigenvalue weighted by molar-refractivity contribution is 1.27. The summed E-state index contributed by atoms with van der Waals surface area (Å²) in [6, 6.07) is 9.27. The molecule has 1 aromatic rings. The molecule has 0 aromatic heterocycles. The monoisotopic (exact) mass is 207 g/mol. The number of nitrogens with zero attached hydrogens (tertiary/aromatic N) is 2. The highest BCUT2D eigenvalue weighted by atomic mass is 35.5. The van der Waals surface area contributed by atoms with Gasteiger partial charge in [-0.05, 0) is 25.1 Å². The molecule has 0 saturated heterocycles. The third-order valence-electron chi connectivity index (χ3n) is 1.54. The smallest absolute Gasteiger partial charge is 0.0750 e. The summed E-state index contributed by atoms with van der Waals surface area (Å²) in [4.78, 5) is 0. The fourth-order valence-corrected chi connectivity index (χ4v) is 1.06. The molecule has 4 heteroatoms. The Labute approximate surface area is 88.0 Å². The number of hydrogen-bond donors (Lipinski definition) is 1. The Morgan fingerprint density at radius 1 is 1.64 bits per heavy atom. The Hall–Kier alpha value is -1.53. The molecule has 1 N–H and O–H groups in total. The molecular weight excluding hydrogens is 198 g/mol. The van der Waals surface area contributed by atoms with Gasteiger partial charge in [0.25, 0.3) is 0 Å². The van der Waals surface area contributed by atoms with Crippen LogP contribution in [0.1, 0.15) is 13.3 Å². The van der Waals surface area contributed by atoms with E-state index in [1.165, 1.54) is 0 Å². The van der Waals surface area contributed by atoms with Gasteiger partial charge in [0.1, 0.15) is 0 Å². The fraction of sp³-hybridized carbons (Fsp3) is 0.200. The van der Waals surface area contributed by atoms with Crippen LogP contribution in [0.15, 0.2) is 29.4 Å². The van der Waals surface area contributed by atoms with Crippen molar-refractivity contribution in [3.63, 3.8) is 0 Å². The predicted molar refractivity (Wildman–Crippen MR) is 58.4 cm³/mol. The van der Waals surface area contributed by atoms with Crippen LogP contribution in [-0.4, -0.2) is 5.71 Å². The number of nitrogens with one attached hydrogen (secondary N) is 1. The lowest BCUT2D eigenvalue weighted by Crippen LogP contribution is -1.96. The first-order valence-electron chi connectivity index (χ1n) is 4.14. The lowest BCUT2D eigenvalue weighted by Gasteiger charge is -2.01. The highest BCUT2D eigenvalue weighted by molar-refractivity contribution is 6.30. The van der Waals surface area contributed by atoms with E-state index in [9.17, 15) is 0 Å². The third kappa shape index (κ3) is 3.46. The third-order valence-corrected chi connectivity index (χ3v) is 1.77. The van der Waals surface area contributed by atoms with Crippen LogP contribution in [0.4, 0.5) is 5.69 Å². The van der Waals surface area contributed by atoms with Gasteiger partial charge < -0.3 is 0 Å². The van der Waals surface area contributed by atoms with E-state index >= 15 is 0 Å². The normalized spacial score (nSPS) is 10.8. The van der Waals surface area contributed by atoms with Crippen LogP contribution in [0, 0.1) is 11.3 Å². The van der Waals surface area contributed by atoms with E-state index in [4.69, 9.17) is 16.9 Å². The van der Waals surface area contributed by atoms with Gasteiger partial charge in [0.05, 0.1) is 18.2 Å². The minimum absolute atomic E-state index is 0.327. The van der Waals surface area contributed by atoms with E-state index in [1.54, 1.807) is 19.1 Å². The minimum Gasteiger partial charge on any atom is -0.278 e. The number of halogens is 1. The summed E-state index contributed by atoms with van der Waals surface area (Å²) in [7, 11) is 0. The molecule has 0 radical (unpaired) electrons. The van der Waals surface area contributed by atoms with Crippen molar-refractivity contribution in [2.75, 3.05) is 5.43 Å². The Morgan fingerprint density at radius 3 is 3.07 bits per heavy atom. The number of hydrazone groups is 1. The molecular formula is C10H10ClN3. The fourth-order valence-electron chi connectivity index (χ4n) is 0.872. The summed E-state index contributed by atoms with van der Waals surface area (Å²) >= 11 is 5.78. The van der Waals surface area contributed by atoms with Crippen molar-refractivity contribution < 1.29 is 0 Å². The van der Waals surface area contributed by atoms with Crippen molar-refractivity contribution in [1.82, 2.24) is 0 Å². The first kappa shape index (κ1) is 10.6. The van der Waals surface area contributed by atoms with Crippen molar-refractivity contribution >= 4 is 23.0 Å². The summed E-state index contributed by atoms with van der Waals surface area (Å²) in [6.45, 7) is 1.79. The second-order valence-corrected chi connectivity index (χ2v) is 3.24. The van der Waals surface area contributed by atoms with Crippen molar-refractivity contribution in [2.45, 2.75) is 13.3 Å². The van der Waals surface area contributed by atoms with Gasteiger partial charge in [0.2, 0.25) is 0 Å². The highest BCUT2D eigenvalue weighted by Gasteiger charge is 1.92. The minimum atomic E-state index is 0.327. The maximum absolute atomic E-state index is 8.40. The average molecular weight is 208 g/mol. The molecule has 72 valence electrons. The molecule has 0 bridgehead atoms. The lowest BCUT2D eigenvalue weighted by atomic mass is 10.3. The maximum Gasteiger partial charge on any atom is 0.0750 e. The molecule has 0 aliphatic carbocycles. The highest BCUT2D eigenvalue weighted by Crippen LogP contribution is 2.14. The first-order valence-corrected chi connectivity index (χ1v) is 4.52. The van der Waals surface area contributed by atoms with Gasteiger partial charge in [-0.15, -0.1) is 0 Å². The zero-order valence-electron chi connectivity index (χ0n) is 7.79. The predicted octanol–water partition coefficient (Wildman–Crippen LogP) is 3.04. The molecule has 1 aromatic carbocycles. The van der Waals surface area contributed by atoms with Crippen LogP contribution in [0.3, 0.4) is 0 Å². The molecule has 0 fully saturated rings. The van der Waals surface area contributed by atoms with Gasteiger partial charge in [-0.2, -0.15) is 10.4 Å². The first-order chi connectivity index (χ1) is 6.72. The zero-order chi connectivity index (χ0) is 10.4. The second kappa shape index (κ2) is 5.25. The molecule has 0 atom stereocenters. The van der Waals surface area contributed by atoms with E-state index < -0.39 is 0 Å². The van der Waals surface area contributed by atoms with Gasteiger partial charge in [-0.1, -0.05) is 17.7 Å². The quantitative estimate of drug-likeness (QED) is 0.612. The van der Waals surface area contributed by atoms with Gasteiger partial charge in [0, 0.05) is 10.7 Å². The number of anilines is 1. The Balaban J connectivity index is 2.62. The van der Waals surface area contributed by atoms with E-state index in [2.05, 4.69) is 10.5 Å². The SMILES string of the molecule is C/C(CC#N)=N\Nc1cccc(Cl)c1. The molecule has 0 aliphatic heterocycles. The van der Waals surface area contributed by atoms with Crippen LogP contribution in [0.25, 0.3) is 0 Å². The zero-order valence-corrected chi connectivity index (χ0v) is 8.54. The summed E-state index contributed by atoms with van der Waals surface area (Å²) in [5, 5.41) is 13.1. The van der Waals surface area contributed by atoms with Gasteiger partial charge in [-0.25, -0.2) is 0 Å². The topological polar surface area (TPSA) is 48.2 Å². The molecule has 0 unspecified atom stereocenters. The second-order valence-electron chi connectivity index (χ2n) is 2.80. The Bertz CT molecular complexity index is 379.